The lowest BCUT2D eigenvalue weighted by atomic mass is 10.2. The topological polar surface area (TPSA) is 96.2 Å². The lowest BCUT2D eigenvalue weighted by Crippen LogP contribution is -2.26. The number of aliphatic hydroxyl groups excluding tert-OH is 1. The van der Waals surface area contributed by atoms with E-state index in [-0.39, 0.29) is 25.0 Å². The van der Waals surface area contributed by atoms with Gasteiger partial charge in [0.25, 0.3) is 11.8 Å². The molecule has 0 radical (unpaired) electrons. The van der Waals surface area contributed by atoms with Crippen LogP contribution in [0.5, 0.6) is 0 Å². The molecule has 0 spiro atoms. The number of hydrogen-bond acceptors (Lipinski definition) is 5. The number of rotatable bonds is 6. The Morgan fingerprint density at radius 2 is 1.80 bits per heavy atom. The van der Waals surface area contributed by atoms with Crippen LogP contribution in [0, 0.1) is 6.92 Å². The number of nitrogens with one attached hydrogen (secondary N) is 2. The first-order valence-electron chi connectivity index (χ1n) is 9.42. The number of hydrogen-bond donors (Lipinski definition) is 3. The fourth-order valence-corrected chi connectivity index (χ4v) is 4.15. The van der Waals surface area contributed by atoms with Crippen molar-refractivity contribution in [2.45, 2.75) is 6.92 Å². The van der Waals surface area contributed by atoms with Crippen LogP contribution in [0.4, 0.5) is 5.69 Å². The van der Waals surface area contributed by atoms with E-state index in [0.29, 0.717) is 16.1 Å². The molecule has 0 bridgehead atoms. The number of anilines is 1. The fraction of sp³-hybridized carbons (Fsp3) is 0.136. The van der Waals surface area contributed by atoms with E-state index in [1.165, 1.54) is 11.3 Å². The molecule has 30 heavy (non-hydrogen) atoms. The van der Waals surface area contributed by atoms with Crippen molar-refractivity contribution in [1.82, 2.24) is 15.1 Å². The highest BCUT2D eigenvalue weighted by Gasteiger charge is 2.17. The molecule has 0 aliphatic heterocycles. The van der Waals surface area contributed by atoms with Gasteiger partial charge in [0.15, 0.2) is 0 Å². The highest BCUT2D eigenvalue weighted by Crippen LogP contribution is 2.30. The second-order valence-electron chi connectivity index (χ2n) is 6.67. The molecule has 152 valence electrons. The Bertz CT molecular complexity index is 1200. The summed E-state index contributed by atoms with van der Waals surface area (Å²) in [6.07, 6.45) is 0. The molecule has 2 aromatic heterocycles. The van der Waals surface area contributed by atoms with Gasteiger partial charge in [-0.1, -0.05) is 18.2 Å². The molecule has 0 fully saturated rings. The molecular weight excluding hydrogens is 400 g/mol. The highest BCUT2D eigenvalue weighted by molar-refractivity contribution is 7.20. The summed E-state index contributed by atoms with van der Waals surface area (Å²) in [6.45, 7) is 2.01. The first-order chi connectivity index (χ1) is 14.6. The summed E-state index contributed by atoms with van der Waals surface area (Å²) in [5.41, 5.74) is 2.86. The van der Waals surface area contributed by atoms with Crippen molar-refractivity contribution in [1.29, 1.82) is 0 Å². The predicted octanol–water partition coefficient (Wildman–Crippen LogP) is 3.37. The molecule has 0 aliphatic carbocycles. The molecule has 2 aromatic carbocycles. The van der Waals surface area contributed by atoms with E-state index in [2.05, 4.69) is 15.7 Å². The Labute approximate surface area is 177 Å². The maximum atomic E-state index is 12.8. The number of amides is 2. The van der Waals surface area contributed by atoms with E-state index in [1.807, 2.05) is 48.0 Å². The maximum Gasteiger partial charge on any atom is 0.265 e. The summed E-state index contributed by atoms with van der Waals surface area (Å²) < 4.78 is 1.85. The van der Waals surface area contributed by atoms with Crippen molar-refractivity contribution in [2.24, 2.45) is 0 Å². The smallest absolute Gasteiger partial charge is 0.265 e. The molecule has 2 heterocycles. The number of aliphatic hydroxyl groups is 1. The van der Waals surface area contributed by atoms with Gasteiger partial charge in [-0.15, -0.1) is 11.3 Å². The first-order valence-corrected chi connectivity index (χ1v) is 10.2. The Balaban J connectivity index is 1.53. The molecule has 4 rings (SSSR count). The van der Waals surface area contributed by atoms with Crippen LogP contribution in [0.1, 0.15) is 25.7 Å². The molecular formula is C22H20N4O3S. The van der Waals surface area contributed by atoms with Crippen LogP contribution in [0.2, 0.25) is 0 Å². The second-order valence-corrected chi connectivity index (χ2v) is 7.70. The van der Waals surface area contributed by atoms with Gasteiger partial charge in [0.2, 0.25) is 0 Å². The van der Waals surface area contributed by atoms with Crippen molar-refractivity contribution in [3.05, 3.63) is 76.8 Å². The van der Waals surface area contributed by atoms with Crippen molar-refractivity contribution in [2.75, 3.05) is 18.5 Å². The summed E-state index contributed by atoms with van der Waals surface area (Å²) in [5.74, 6) is -0.486. The van der Waals surface area contributed by atoms with Gasteiger partial charge in [-0.2, -0.15) is 5.10 Å². The van der Waals surface area contributed by atoms with Crippen molar-refractivity contribution >= 4 is 39.1 Å². The highest BCUT2D eigenvalue weighted by atomic mass is 32.1. The average molecular weight is 420 g/mol. The van der Waals surface area contributed by atoms with E-state index in [4.69, 9.17) is 5.11 Å². The van der Waals surface area contributed by atoms with E-state index in [9.17, 15) is 9.59 Å². The number of thiophene rings is 1. The SMILES string of the molecule is Cc1nn(-c2ccccc2)c2sc(C(=O)Nc3ccc(C(=O)NCCO)cc3)cc12. The first kappa shape index (κ1) is 19.8. The van der Waals surface area contributed by atoms with Crippen molar-refractivity contribution in [3.63, 3.8) is 0 Å². The molecule has 0 unspecified atom stereocenters. The summed E-state index contributed by atoms with van der Waals surface area (Å²) in [5, 5.41) is 19.8. The number of fused-ring (bicyclic) bond motifs is 1. The standard InChI is InChI=1S/C22H20N4O3S/c1-14-18-13-19(30-22(18)26(25-14)17-5-3-2-4-6-17)21(29)24-16-9-7-15(8-10-16)20(28)23-11-12-27/h2-10,13,27H,11-12H2,1H3,(H,23,28)(H,24,29). The van der Waals surface area contributed by atoms with E-state index < -0.39 is 0 Å². The van der Waals surface area contributed by atoms with Gasteiger partial charge in [0, 0.05) is 23.2 Å². The maximum absolute atomic E-state index is 12.8. The van der Waals surface area contributed by atoms with Crippen molar-refractivity contribution in [3.8, 4) is 5.69 Å². The van der Waals surface area contributed by atoms with E-state index >= 15 is 0 Å². The van der Waals surface area contributed by atoms with Crippen LogP contribution in [0.3, 0.4) is 0 Å². The van der Waals surface area contributed by atoms with Gasteiger partial charge in [-0.3, -0.25) is 9.59 Å². The van der Waals surface area contributed by atoms with Crippen molar-refractivity contribution < 1.29 is 14.7 Å². The molecule has 0 saturated carbocycles. The van der Waals surface area contributed by atoms with E-state index in [0.717, 1.165) is 21.6 Å². The number of carbonyl (C=O) groups is 2. The minimum absolute atomic E-state index is 0.115. The third kappa shape index (κ3) is 3.96. The molecule has 7 nitrogen and oxygen atoms in total. The van der Waals surface area contributed by atoms with E-state index in [1.54, 1.807) is 24.3 Å². The third-order valence-electron chi connectivity index (χ3n) is 4.57. The lowest BCUT2D eigenvalue weighted by molar-refractivity contribution is 0.0944. The summed E-state index contributed by atoms with van der Waals surface area (Å²) in [4.78, 5) is 26.2. The van der Waals surface area contributed by atoms with Crippen LogP contribution in [0.25, 0.3) is 15.9 Å². The predicted molar refractivity (Wildman–Crippen MR) is 117 cm³/mol. The summed E-state index contributed by atoms with van der Waals surface area (Å²) >= 11 is 1.38. The number of aryl methyl sites for hydroxylation is 1. The van der Waals surface area contributed by atoms with Crippen LogP contribution in [-0.4, -0.2) is 39.9 Å². The van der Waals surface area contributed by atoms with Crippen LogP contribution < -0.4 is 10.6 Å². The summed E-state index contributed by atoms with van der Waals surface area (Å²) in [7, 11) is 0. The normalized spacial score (nSPS) is 10.9. The molecule has 4 aromatic rings. The zero-order chi connectivity index (χ0) is 21.1. The van der Waals surface area contributed by atoms with Gasteiger partial charge in [0.1, 0.15) is 4.83 Å². The molecule has 0 saturated heterocycles. The lowest BCUT2D eigenvalue weighted by Gasteiger charge is -2.06. The Morgan fingerprint density at radius 1 is 1.07 bits per heavy atom. The number of benzene rings is 2. The number of carbonyl (C=O) groups excluding carboxylic acids is 2. The number of nitrogens with zero attached hydrogens (tertiary/aromatic N) is 2. The molecule has 3 N–H and O–H groups in total. The van der Waals surface area contributed by atoms with Gasteiger partial charge in [0.05, 0.1) is 22.9 Å². The quantitative estimate of drug-likeness (QED) is 0.446. The number of para-hydroxylation sites is 1. The second kappa shape index (κ2) is 8.48. The average Bonchev–Trinajstić information content (AvgIpc) is 3.34. The fourth-order valence-electron chi connectivity index (χ4n) is 3.07. The van der Waals surface area contributed by atoms with Gasteiger partial charge >= 0.3 is 0 Å². The van der Waals surface area contributed by atoms with Crippen LogP contribution in [-0.2, 0) is 0 Å². The number of aromatic nitrogens is 2. The Hall–Kier alpha value is -3.49. The molecule has 2 amide bonds. The molecule has 0 atom stereocenters. The zero-order valence-electron chi connectivity index (χ0n) is 16.3. The van der Waals surface area contributed by atoms with Gasteiger partial charge < -0.3 is 15.7 Å². The minimum Gasteiger partial charge on any atom is -0.395 e. The Morgan fingerprint density at radius 3 is 2.50 bits per heavy atom. The Kier molecular flexibility index (Phi) is 5.60. The van der Waals surface area contributed by atoms with Gasteiger partial charge in [-0.05, 0) is 49.4 Å². The monoisotopic (exact) mass is 420 g/mol. The van der Waals surface area contributed by atoms with Crippen LogP contribution >= 0.6 is 11.3 Å². The molecule has 0 aliphatic rings. The minimum atomic E-state index is -0.271. The third-order valence-corrected chi connectivity index (χ3v) is 5.68. The zero-order valence-corrected chi connectivity index (χ0v) is 17.1. The molecule has 8 heteroatoms. The summed E-state index contributed by atoms with van der Waals surface area (Å²) in [6, 6.07) is 18.3. The van der Waals surface area contributed by atoms with Gasteiger partial charge in [-0.25, -0.2) is 4.68 Å². The van der Waals surface area contributed by atoms with Crippen LogP contribution in [0.15, 0.2) is 60.7 Å². The largest absolute Gasteiger partial charge is 0.395 e.